The van der Waals surface area contributed by atoms with E-state index in [0.29, 0.717) is 37.1 Å². The van der Waals surface area contributed by atoms with Crippen LogP contribution in [0.4, 0.5) is 5.69 Å². The largest absolute Gasteiger partial charge is 0.439 e. The second-order valence-electron chi connectivity index (χ2n) is 6.28. The summed E-state index contributed by atoms with van der Waals surface area (Å²) in [5.74, 6) is 1.81. The van der Waals surface area contributed by atoms with E-state index in [1.807, 2.05) is 29.2 Å². The molecule has 25 heavy (non-hydrogen) atoms. The minimum absolute atomic E-state index is 0.219. The maximum absolute atomic E-state index is 12.0. The van der Waals surface area contributed by atoms with Gasteiger partial charge < -0.3 is 20.1 Å². The molecule has 1 unspecified atom stereocenters. The molecular weight excluding hydrogens is 318 g/mol. The van der Waals surface area contributed by atoms with Crippen molar-refractivity contribution < 1.29 is 14.3 Å². The van der Waals surface area contributed by atoms with Crippen molar-refractivity contribution in [1.82, 2.24) is 9.88 Å². The molecule has 0 spiro atoms. The Morgan fingerprint density at radius 2 is 2.04 bits per heavy atom. The number of hydrogen-bond acceptors (Lipinski definition) is 5. The van der Waals surface area contributed by atoms with Crippen LogP contribution in [0.2, 0.25) is 0 Å². The average molecular weight is 341 g/mol. The molecule has 1 aromatic heterocycles. The second-order valence-corrected chi connectivity index (χ2v) is 6.28. The summed E-state index contributed by atoms with van der Waals surface area (Å²) in [5.41, 5.74) is 7.41. The number of ether oxygens (including phenoxy) is 2. The molecule has 2 aromatic rings. The van der Waals surface area contributed by atoms with Gasteiger partial charge >= 0.3 is 0 Å². The molecule has 1 saturated heterocycles. The SMILES string of the molecule is COCCN1CC(Cc2ccc(Oc3ccc(N)cn3)cc2)CC1=O. The highest BCUT2D eigenvalue weighted by atomic mass is 16.5. The van der Waals surface area contributed by atoms with Crippen LogP contribution in [0.1, 0.15) is 12.0 Å². The lowest BCUT2D eigenvalue weighted by atomic mass is 9.98. The van der Waals surface area contributed by atoms with Crippen LogP contribution in [0, 0.1) is 5.92 Å². The van der Waals surface area contributed by atoms with Crippen molar-refractivity contribution in [3.05, 3.63) is 48.2 Å². The van der Waals surface area contributed by atoms with E-state index in [9.17, 15) is 4.79 Å². The Hall–Kier alpha value is -2.60. The number of rotatable bonds is 7. The summed E-state index contributed by atoms with van der Waals surface area (Å²) in [6.45, 7) is 2.06. The van der Waals surface area contributed by atoms with Crippen LogP contribution in [0.3, 0.4) is 0 Å². The van der Waals surface area contributed by atoms with Crippen molar-refractivity contribution in [3.8, 4) is 11.6 Å². The summed E-state index contributed by atoms with van der Waals surface area (Å²) in [6.07, 6.45) is 3.06. The van der Waals surface area contributed by atoms with E-state index < -0.39 is 0 Å². The zero-order chi connectivity index (χ0) is 17.6. The number of carbonyl (C=O) groups excluding carboxylic acids is 1. The minimum Gasteiger partial charge on any atom is -0.439 e. The maximum atomic E-state index is 12.0. The number of hydrogen-bond donors (Lipinski definition) is 1. The molecule has 0 saturated carbocycles. The number of anilines is 1. The molecule has 1 atom stereocenters. The number of pyridine rings is 1. The molecule has 1 aliphatic rings. The Morgan fingerprint density at radius 3 is 2.72 bits per heavy atom. The van der Waals surface area contributed by atoms with Gasteiger partial charge in [0.1, 0.15) is 5.75 Å². The number of benzene rings is 1. The quantitative estimate of drug-likeness (QED) is 0.837. The first-order valence-corrected chi connectivity index (χ1v) is 8.39. The highest BCUT2D eigenvalue weighted by Gasteiger charge is 2.29. The first-order chi connectivity index (χ1) is 12.1. The van der Waals surface area contributed by atoms with Gasteiger partial charge in [0.25, 0.3) is 0 Å². The van der Waals surface area contributed by atoms with E-state index in [-0.39, 0.29) is 5.91 Å². The molecule has 2 N–H and O–H groups in total. The van der Waals surface area contributed by atoms with Crippen LogP contribution in [-0.2, 0) is 16.0 Å². The van der Waals surface area contributed by atoms with Gasteiger partial charge in [-0.2, -0.15) is 0 Å². The molecule has 0 bridgehead atoms. The summed E-state index contributed by atoms with van der Waals surface area (Å²) in [5, 5.41) is 0. The smallest absolute Gasteiger partial charge is 0.223 e. The lowest BCUT2D eigenvalue weighted by Crippen LogP contribution is -2.28. The number of nitrogen functional groups attached to an aromatic ring is 1. The second kappa shape index (κ2) is 7.98. The molecule has 6 nitrogen and oxygen atoms in total. The van der Waals surface area contributed by atoms with Crippen LogP contribution in [0.25, 0.3) is 0 Å². The molecule has 1 amide bonds. The van der Waals surface area contributed by atoms with E-state index in [0.717, 1.165) is 18.7 Å². The number of nitrogens with two attached hydrogens (primary N) is 1. The van der Waals surface area contributed by atoms with E-state index in [1.165, 1.54) is 5.56 Å². The van der Waals surface area contributed by atoms with Gasteiger partial charge in [-0.1, -0.05) is 12.1 Å². The third-order valence-corrected chi connectivity index (χ3v) is 4.29. The number of nitrogens with zero attached hydrogens (tertiary/aromatic N) is 2. The Labute approximate surface area is 147 Å². The molecule has 0 radical (unpaired) electrons. The number of carbonyl (C=O) groups is 1. The molecule has 132 valence electrons. The fourth-order valence-electron chi connectivity index (χ4n) is 3.01. The average Bonchev–Trinajstić information content (AvgIpc) is 2.96. The van der Waals surface area contributed by atoms with Gasteiger partial charge in [-0.25, -0.2) is 4.98 Å². The van der Waals surface area contributed by atoms with Crippen LogP contribution in [0.5, 0.6) is 11.6 Å². The first-order valence-electron chi connectivity index (χ1n) is 8.39. The summed E-state index contributed by atoms with van der Waals surface area (Å²) in [6, 6.07) is 11.4. The van der Waals surface area contributed by atoms with Crippen molar-refractivity contribution in [2.24, 2.45) is 5.92 Å². The number of likely N-dealkylation sites (tertiary alicyclic amines) is 1. The van der Waals surface area contributed by atoms with Crippen LogP contribution in [-0.4, -0.2) is 42.6 Å². The van der Waals surface area contributed by atoms with Crippen molar-refractivity contribution in [2.75, 3.05) is 32.5 Å². The topological polar surface area (TPSA) is 77.7 Å². The van der Waals surface area contributed by atoms with Gasteiger partial charge in [0.05, 0.1) is 18.5 Å². The lowest BCUT2D eigenvalue weighted by molar-refractivity contribution is -0.128. The molecule has 1 aliphatic heterocycles. The van der Waals surface area contributed by atoms with E-state index in [1.54, 1.807) is 25.4 Å². The monoisotopic (exact) mass is 341 g/mol. The standard InChI is InChI=1S/C19H23N3O3/c1-24-9-8-22-13-15(11-19(22)23)10-14-2-5-17(6-3-14)25-18-7-4-16(20)12-21-18/h2-7,12,15H,8-11,13,20H2,1H3. The van der Waals surface area contributed by atoms with Gasteiger partial charge in [0.15, 0.2) is 0 Å². The van der Waals surface area contributed by atoms with Crippen molar-refractivity contribution in [2.45, 2.75) is 12.8 Å². The summed E-state index contributed by atoms with van der Waals surface area (Å²) in [7, 11) is 1.65. The van der Waals surface area contributed by atoms with Crippen LogP contribution >= 0.6 is 0 Å². The van der Waals surface area contributed by atoms with Crippen molar-refractivity contribution >= 4 is 11.6 Å². The van der Waals surface area contributed by atoms with Crippen molar-refractivity contribution in [1.29, 1.82) is 0 Å². The molecule has 2 heterocycles. The maximum Gasteiger partial charge on any atom is 0.223 e. The third-order valence-electron chi connectivity index (χ3n) is 4.29. The van der Waals surface area contributed by atoms with Crippen LogP contribution in [0.15, 0.2) is 42.6 Å². The Morgan fingerprint density at radius 1 is 1.24 bits per heavy atom. The molecule has 1 aromatic carbocycles. The summed E-state index contributed by atoms with van der Waals surface area (Å²) < 4.78 is 10.7. The van der Waals surface area contributed by atoms with Gasteiger partial charge in [-0.3, -0.25) is 4.79 Å². The predicted molar refractivity (Wildman–Crippen MR) is 95.4 cm³/mol. The zero-order valence-electron chi connectivity index (χ0n) is 14.4. The number of aromatic nitrogens is 1. The Kier molecular flexibility index (Phi) is 5.50. The normalized spacial score (nSPS) is 17.1. The Balaban J connectivity index is 1.54. The zero-order valence-corrected chi connectivity index (χ0v) is 14.4. The molecule has 3 rings (SSSR count). The third kappa shape index (κ3) is 4.70. The highest BCUT2D eigenvalue weighted by molar-refractivity contribution is 5.78. The van der Waals surface area contributed by atoms with E-state index >= 15 is 0 Å². The van der Waals surface area contributed by atoms with Gasteiger partial charge in [0.2, 0.25) is 11.8 Å². The molecular formula is C19H23N3O3. The summed E-state index contributed by atoms with van der Waals surface area (Å²) in [4.78, 5) is 18.0. The number of amides is 1. The molecule has 0 aliphatic carbocycles. The first kappa shape index (κ1) is 17.2. The summed E-state index contributed by atoms with van der Waals surface area (Å²) >= 11 is 0. The highest BCUT2D eigenvalue weighted by Crippen LogP contribution is 2.24. The minimum atomic E-state index is 0.219. The predicted octanol–water partition coefficient (Wildman–Crippen LogP) is 2.49. The van der Waals surface area contributed by atoms with E-state index in [2.05, 4.69) is 4.98 Å². The van der Waals surface area contributed by atoms with Crippen molar-refractivity contribution in [3.63, 3.8) is 0 Å². The van der Waals surface area contributed by atoms with Gasteiger partial charge in [-0.05, 0) is 36.1 Å². The lowest BCUT2D eigenvalue weighted by Gasteiger charge is -2.16. The molecule has 6 heteroatoms. The van der Waals surface area contributed by atoms with Gasteiger partial charge in [0, 0.05) is 32.7 Å². The Bertz CT molecular complexity index is 701. The molecule has 1 fully saturated rings. The van der Waals surface area contributed by atoms with E-state index in [4.69, 9.17) is 15.2 Å². The van der Waals surface area contributed by atoms with Crippen LogP contribution < -0.4 is 10.5 Å². The number of methoxy groups -OCH3 is 1. The fourth-order valence-corrected chi connectivity index (χ4v) is 3.01. The fraction of sp³-hybridized carbons (Fsp3) is 0.368. The van der Waals surface area contributed by atoms with Gasteiger partial charge in [-0.15, -0.1) is 0 Å².